The van der Waals surface area contributed by atoms with Crippen LogP contribution in [-0.2, 0) is 4.79 Å². The minimum atomic E-state index is -0.123. The fourth-order valence-corrected chi connectivity index (χ4v) is 2.23. The zero-order chi connectivity index (χ0) is 12.7. The van der Waals surface area contributed by atoms with Crippen LogP contribution < -0.4 is 5.32 Å². The Kier molecular flexibility index (Phi) is 2.54. The summed E-state index contributed by atoms with van der Waals surface area (Å²) < 4.78 is 1.90. The lowest BCUT2D eigenvalue weighted by Gasteiger charge is -2.12. The van der Waals surface area contributed by atoms with Gasteiger partial charge in [0.2, 0.25) is 5.91 Å². The highest BCUT2D eigenvalue weighted by Gasteiger charge is 2.39. The summed E-state index contributed by atoms with van der Waals surface area (Å²) >= 11 is 0. The van der Waals surface area contributed by atoms with Gasteiger partial charge >= 0.3 is 0 Å². The molecule has 1 saturated carbocycles. The number of amides is 1. The van der Waals surface area contributed by atoms with E-state index in [1.165, 1.54) is 0 Å². The van der Waals surface area contributed by atoms with Crippen LogP contribution >= 0.6 is 0 Å². The molecule has 3 rings (SSSR count). The Balaban J connectivity index is 1.79. The second-order valence-electron chi connectivity index (χ2n) is 5.04. The highest BCUT2D eigenvalue weighted by atomic mass is 16.2. The lowest BCUT2D eigenvalue weighted by Crippen LogP contribution is -2.29. The van der Waals surface area contributed by atoms with Gasteiger partial charge in [0.05, 0.1) is 6.04 Å². The highest BCUT2D eigenvalue weighted by Crippen LogP contribution is 2.38. The Morgan fingerprint density at radius 3 is 3.00 bits per heavy atom. The summed E-state index contributed by atoms with van der Waals surface area (Å²) in [7, 11) is 0. The van der Waals surface area contributed by atoms with E-state index in [4.69, 9.17) is 0 Å². The van der Waals surface area contributed by atoms with Crippen molar-refractivity contribution >= 4 is 11.6 Å². The van der Waals surface area contributed by atoms with Crippen LogP contribution in [0.3, 0.4) is 0 Å². The van der Waals surface area contributed by atoms with Crippen LogP contribution in [0.1, 0.15) is 32.1 Å². The number of aromatic nitrogens is 3. The van der Waals surface area contributed by atoms with Crippen molar-refractivity contribution in [3.8, 4) is 0 Å². The monoisotopic (exact) mass is 244 g/mol. The Hall–Kier alpha value is -1.91. The molecule has 18 heavy (non-hydrogen) atoms. The average Bonchev–Trinajstić information content (AvgIpc) is 2.94. The average molecular weight is 244 g/mol. The van der Waals surface area contributed by atoms with E-state index in [0.29, 0.717) is 5.92 Å². The normalized spacial score (nSPS) is 23.9. The standard InChI is InChI=1S/C13H16N4O/c1-8-7-10(8)13(18)14-9(2)12-16-15-11-5-3-4-6-17(11)12/h3-6,8-10H,7H2,1-2H3,(H,14,18)/t8-,9+,10-/m1/s1. The number of rotatable bonds is 3. The predicted octanol–water partition coefficient (Wildman–Crippen LogP) is 1.56. The van der Waals surface area contributed by atoms with E-state index < -0.39 is 0 Å². The molecular weight excluding hydrogens is 228 g/mol. The second-order valence-corrected chi connectivity index (χ2v) is 5.04. The first kappa shape index (κ1) is 11.2. The summed E-state index contributed by atoms with van der Waals surface area (Å²) in [5, 5.41) is 11.2. The minimum absolute atomic E-state index is 0.123. The number of carbonyl (C=O) groups excluding carboxylic acids is 1. The van der Waals surface area contributed by atoms with Crippen LogP contribution in [0.2, 0.25) is 0 Å². The maximum absolute atomic E-state index is 11.9. The van der Waals surface area contributed by atoms with Gasteiger partial charge in [-0.25, -0.2) is 0 Å². The van der Waals surface area contributed by atoms with Gasteiger partial charge in [0.1, 0.15) is 0 Å². The number of fused-ring (bicyclic) bond motifs is 1. The first-order chi connectivity index (χ1) is 8.66. The molecule has 0 saturated heterocycles. The molecule has 5 nitrogen and oxygen atoms in total. The molecule has 5 heteroatoms. The third kappa shape index (κ3) is 1.85. The van der Waals surface area contributed by atoms with Crippen molar-refractivity contribution in [2.75, 3.05) is 0 Å². The van der Waals surface area contributed by atoms with Crippen LogP contribution in [0, 0.1) is 11.8 Å². The van der Waals surface area contributed by atoms with Crippen molar-refractivity contribution in [1.82, 2.24) is 19.9 Å². The predicted molar refractivity (Wildman–Crippen MR) is 66.8 cm³/mol. The number of nitrogens with zero attached hydrogens (tertiary/aromatic N) is 3. The molecule has 1 aliphatic carbocycles. The molecule has 0 spiro atoms. The molecule has 0 radical (unpaired) electrons. The Morgan fingerprint density at radius 2 is 2.28 bits per heavy atom. The largest absolute Gasteiger partial charge is 0.346 e. The third-order valence-electron chi connectivity index (χ3n) is 3.53. The molecule has 0 unspecified atom stereocenters. The van der Waals surface area contributed by atoms with Gasteiger partial charge < -0.3 is 5.32 Å². The van der Waals surface area contributed by atoms with Crippen LogP contribution in [0.5, 0.6) is 0 Å². The summed E-state index contributed by atoms with van der Waals surface area (Å²) in [4.78, 5) is 11.9. The number of hydrogen-bond acceptors (Lipinski definition) is 3. The Bertz CT molecular complexity index is 591. The summed E-state index contributed by atoms with van der Waals surface area (Å²) in [6.07, 6.45) is 2.91. The van der Waals surface area contributed by atoms with Gasteiger partial charge in [-0.15, -0.1) is 10.2 Å². The first-order valence-corrected chi connectivity index (χ1v) is 6.27. The maximum atomic E-state index is 11.9. The van der Waals surface area contributed by atoms with E-state index in [1.54, 1.807) is 0 Å². The van der Waals surface area contributed by atoms with E-state index in [1.807, 2.05) is 35.7 Å². The van der Waals surface area contributed by atoms with Gasteiger partial charge in [-0.1, -0.05) is 13.0 Å². The fraction of sp³-hybridized carbons (Fsp3) is 0.462. The number of nitrogens with one attached hydrogen (secondary N) is 1. The Morgan fingerprint density at radius 1 is 1.50 bits per heavy atom. The molecule has 0 aromatic carbocycles. The van der Waals surface area contributed by atoms with E-state index in [2.05, 4.69) is 22.4 Å². The number of hydrogen-bond donors (Lipinski definition) is 1. The topological polar surface area (TPSA) is 59.3 Å². The van der Waals surface area contributed by atoms with Gasteiger partial charge in [-0.3, -0.25) is 9.20 Å². The van der Waals surface area contributed by atoms with Crippen molar-refractivity contribution in [2.24, 2.45) is 11.8 Å². The molecule has 2 heterocycles. The molecule has 1 N–H and O–H groups in total. The molecule has 1 aliphatic rings. The van der Waals surface area contributed by atoms with Crippen LogP contribution in [0.4, 0.5) is 0 Å². The zero-order valence-electron chi connectivity index (χ0n) is 10.5. The molecule has 1 fully saturated rings. The molecule has 0 bridgehead atoms. The van der Waals surface area contributed by atoms with Crippen LogP contribution in [0.15, 0.2) is 24.4 Å². The molecule has 94 valence electrons. The van der Waals surface area contributed by atoms with E-state index in [-0.39, 0.29) is 17.9 Å². The highest BCUT2D eigenvalue weighted by molar-refractivity contribution is 5.81. The molecular formula is C13H16N4O. The molecule has 2 aromatic rings. The van der Waals surface area contributed by atoms with Crippen molar-refractivity contribution < 1.29 is 4.79 Å². The first-order valence-electron chi connectivity index (χ1n) is 6.27. The zero-order valence-corrected chi connectivity index (χ0v) is 10.5. The SMILES string of the molecule is C[C@H](NC(=O)[C@@H]1C[C@H]1C)c1nnc2ccccn12. The smallest absolute Gasteiger partial charge is 0.223 e. The summed E-state index contributed by atoms with van der Waals surface area (Å²) in [6, 6.07) is 5.62. The van der Waals surface area contributed by atoms with E-state index in [0.717, 1.165) is 17.9 Å². The van der Waals surface area contributed by atoms with Crippen molar-refractivity contribution in [1.29, 1.82) is 0 Å². The van der Waals surface area contributed by atoms with Crippen molar-refractivity contribution in [3.63, 3.8) is 0 Å². The third-order valence-corrected chi connectivity index (χ3v) is 3.53. The van der Waals surface area contributed by atoms with Crippen LogP contribution in [-0.4, -0.2) is 20.5 Å². The fourth-order valence-electron chi connectivity index (χ4n) is 2.23. The van der Waals surface area contributed by atoms with Gasteiger partial charge in [-0.2, -0.15) is 0 Å². The molecule has 3 atom stereocenters. The van der Waals surface area contributed by atoms with Gasteiger partial charge in [0, 0.05) is 12.1 Å². The van der Waals surface area contributed by atoms with E-state index in [9.17, 15) is 4.79 Å². The number of pyridine rings is 1. The molecule has 2 aromatic heterocycles. The summed E-state index contributed by atoms with van der Waals surface area (Å²) in [6.45, 7) is 4.04. The van der Waals surface area contributed by atoms with Gasteiger partial charge in [0.15, 0.2) is 11.5 Å². The number of carbonyl (C=O) groups is 1. The lowest BCUT2D eigenvalue weighted by molar-refractivity contribution is -0.123. The molecule has 0 aliphatic heterocycles. The quantitative estimate of drug-likeness (QED) is 0.891. The van der Waals surface area contributed by atoms with Crippen molar-refractivity contribution in [3.05, 3.63) is 30.2 Å². The maximum Gasteiger partial charge on any atom is 0.223 e. The second kappa shape index (κ2) is 4.08. The van der Waals surface area contributed by atoms with Crippen molar-refractivity contribution in [2.45, 2.75) is 26.3 Å². The Labute approximate surface area is 105 Å². The summed E-state index contributed by atoms with van der Waals surface area (Å²) in [5.41, 5.74) is 0.799. The summed E-state index contributed by atoms with van der Waals surface area (Å²) in [5.74, 6) is 1.61. The van der Waals surface area contributed by atoms with Gasteiger partial charge in [-0.05, 0) is 31.4 Å². The lowest BCUT2D eigenvalue weighted by atomic mass is 10.2. The van der Waals surface area contributed by atoms with Crippen LogP contribution in [0.25, 0.3) is 5.65 Å². The van der Waals surface area contributed by atoms with Gasteiger partial charge in [0.25, 0.3) is 0 Å². The molecule has 1 amide bonds. The minimum Gasteiger partial charge on any atom is -0.346 e. The van der Waals surface area contributed by atoms with E-state index >= 15 is 0 Å².